The van der Waals surface area contributed by atoms with Crippen molar-refractivity contribution in [3.63, 3.8) is 0 Å². The minimum Gasteiger partial charge on any atom is -0.508 e. The topological polar surface area (TPSA) is 37.3 Å². The molecular weight excluding hydrogens is 248 g/mol. The first-order valence-electron chi connectivity index (χ1n) is 7.88. The summed E-state index contributed by atoms with van der Waals surface area (Å²) >= 11 is 0. The zero-order chi connectivity index (χ0) is 14.0. The van der Waals surface area contributed by atoms with Gasteiger partial charge in [-0.15, -0.1) is 0 Å². The van der Waals surface area contributed by atoms with Gasteiger partial charge in [0.2, 0.25) is 0 Å². The van der Waals surface area contributed by atoms with Gasteiger partial charge in [-0.05, 0) is 73.1 Å². The van der Waals surface area contributed by atoms with Gasteiger partial charge in [-0.2, -0.15) is 0 Å². The van der Waals surface area contributed by atoms with Crippen LogP contribution >= 0.6 is 0 Å². The molecule has 0 saturated heterocycles. The molecule has 3 aliphatic carbocycles. The molecule has 0 unspecified atom stereocenters. The summed E-state index contributed by atoms with van der Waals surface area (Å²) in [7, 11) is 0. The van der Waals surface area contributed by atoms with Gasteiger partial charge in [-0.3, -0.25) is 4.79 Å². The molecule has 0 amide bonds. The summed E-state index contributed by atoms with van der Waals surface area (Å²) in [6.07, 6.45) is 7.49. The molecule has 20 heavy (non-hydrogen) atoms. The van der Waals surface area contributed by atoms with E-state index in [0.717, 1.165) is 32.1 Å². The molecule has 0 bridgehead atoms. The molecule has 2 fully saturated rings. The van der Waals surface area contributed by atoms with E-state index < -0.39 is 0 Å². The maximum absolute atomic E-state index is 12.1. The minimum atomic E-state index is 0.0106. The minimum absolute atomic E-state index is 0.0106. The number of aryl methyl sites for hydroxylation is 1. The Bertz CT molecular complexity index is 591. The van der Waals surface area contributed by atoms with Gasteiger partial charge < -0.3 is 5.11 Å². The van der Waals surface area contributed by atoms with Crippen molar-refractivity contribution in [2.75, 3.05) is 0 Å². The Labute approximate surface area is 120 Å². The predicted octanol–water partition coefficient (Wildman–Crippen LogP) is 3.96. The van der Waals surface area contributed by atoms with Gasteiger partial charge in [-0.1, -0.05) is 13.0 Å². The SMILES string of the molecule is C[C@@]12CCc3cc(O)ccc3[C@H]1C[C@]1(CCC1=O)CC2. The van der Waals surface area contributed by atoms with Gasteiger partial charge >= 0.3 is 0 Å². The van der Waals surface area contributed by atoms with Crippen LogP contribution in [0.3, 0.4) is 0 Å². The Kier molecular flexibility index (Phi) is 2.40. The molecule has 2 heteroatoms. The molecule has 106 valence electrons. The summed E-state index contributed by atoms with van der Waals surface area (Å²) in [5, 5.41) is 9.70. The molecule has 0 aromatic heterocycles. The number of fused-ring (bicyclic) bond motifs is 3. The van der Waals surface area contributed by atoms with E-state index in [0.29, 0.717) is 22.9 Å². The molecule has 0 radical (unpaired) electrons. The van der Waals surface area contributed by atoms with Crippen LogP contribution in [0.25, 0.3) is 0 Å². The normalized spacial score (nSPS) is 39.0. The lowest BCUT2D eigenvalue weighted by Crippen LogP contribution is -2.49. The summed E-state index contributed by atoms with van der Waals surface area (Å²) in [6, 6.07) is 5.85. The van der Waals surface area contributed by atoms with Crippen LogP contribution in [-0.4, -0.2) is 10.9 Å². The van der Waals surface area contributed by atoms with Crippen molar-refractivity contribution in [2.45, 2.75) is 57.8 Å². The van der Waals surface area contributed by atoms with Crippen LogP contribution in [0.5, 0.6) is 5.75 Å². The van der Waals surface area contributed by atoms with E-state index in [4.69, 9.17) is 0 Å². The Morgan fingerprint density at radius 3 is 2.70 bits per heavy atom. The fraction of sp³-hybridized carbons (Fsp3) is 0.611. The van der Waals surface area contributed by atoms with E-state index in [-0.39, 0.29) is 5.41 Å². The number of hydrogen-bond donors (Lipinski definition) is 1. The molecular formula is C18H22O2. The van der Waals surface area contributed by atoms with Crippen molar-refractivity contribution < 1.29 is 9.90 Å². The van der Waals surface area contributed by atoms with E-state index in [1.165, 1.54) is 24.0 Å². The number of ketones is 1. The molecule has 1 spiro atoms. The maximum atomic E-state index is 12.1. The fourth-order valence-corrected chi connectivity index (χ4v) is 4.85. The zero-order valence-corrected chi connectivity index (χ0v) is 12.1. The highest BCUT2D eigenvalue weighted by Gasteiger charge is 2.55. The van der Waals surface area contributed by atoms with Gasteiger partial charge in [0.25, 0.3) is 0 Å². The van der Waals surface area contributed by atoms with Crippen LogP contribution in [0.2, 0.25) is 0 Å². The van der Waals surface area contributed by atoms with Crippen LogP contribution in [0.15, 0.2) is 18.2 Å². The predicted molar refractivity (Wildman–Crippen MR) is 77.8 cm³/mol. The molecule has 2 nitrogen and oxygen atoms in total. The third-order valence-electron chi connectivity index (χ3n) is 6.50. The van der Waals surface area contributed by atoms with E-state index in [9.17, 15) is 9.90 Å². The second-order valence-electron chi connectivity index (χ2n) is 7.50. The standard InChI is InChI=1S/C18H22O2/c1-17-6-4-12-10-13(19)2-3-14(12)15(17)11-18(9-8-17)7-5-16(18)20/h2-3,10,15,19H,4-9,11H2,1H3/t15-,17+,18+/m1/s1. The number of carbonyl (C=O) groups excluding carboxylic acids is 1. The van der Waals surface area contributed by atoms with Crippen LogP contribution in [0, 0.1) is 10.8 Å². The number of carbonyl (C=O) groups is 1. The Hall–Kier alpha value is -1.31. The first-order valence-corrected chi connectivity index (χ1v) is 7.88. The molecule has 2 saturated carbocycles. The van der Waals surface area contributed by atoms with Gasteiger partial charge in [0.1, 0.15) is 11.5 Å². The molecule has 4 rings (SSSR count). The van der Waals surface area contributed by atoms with Crippen molar-refractivity contribution in [3.05, 3.63) is 29.3 Å². The third kappa shape index (κ3) is 1.54. The molecule has 3 aliphatic rings. The van der Waals surface area contributed by atoms with Crippen molar-refractivity contribution in [1.82, 2.24) is 0 Å². The van der Waals surface area contributed by atoms with Crippen LogP contribution < -0.4 is 0 Å². The first kappa shape index (κ1) is 12.4. The summed E-state index contributed by atoms with van der Waals surface area (Å²) < 4.78 is 0. The summed E-state index contributed by atoms with van der Waals surface area (Å²) in [5.74, 6) is 1.38. The molecule has 1 aromatic rings. The highest BCUT2D eigenvalue weighted by Crippen LogP contribution is 2.62. The van der Waals surface area contributed by atoms with E-state index >= 15 is 0 Å². The van der Waals surface area contributed by atoms with Crippen molar-refractivity contribution in [2.24, 2.45) is 10.8 Å². The Morgan fingerprint density at radius 1 is 1.15 bits per heavy atom. The molecule has 1 N–H and O–H groups in total. The maximum Gasteiger partial charge on any atom is 0.139 e. The Morgan fingerprint density at radius 2 is 2.00 bits per heavy atom. The number of phenols is 1. The summed E-state index contributed by atoms with van der Waals surface area (Å²) in [5.41, 5.74) is 3.06. The molecule has 0 heterocycles. The largest absolute Gasteiger partial charge is 0.508 e. The number of Topliss-reactive ketones (excluding diaryl/α,β-unsaturated/α-hetero) is 1. The van der Waals surface area contributed by atoms with Crippen molar-refractivity contribution in [3.8, 4) is 5.75 Å². The summed E-state index contributed by atoms with van der Waals surface area (Å²) in [6.45, 7) is 2.41. The van der Waals surface area contributed by atoms with E-state index in [1.54, 1.807) is 0 Å². The molecule has 1 aromatic carbocycles. The lowest BCUT2D eigenvalue weighted by Gasteiger charge is -2.55. The zero-order valence-electron chi connectivity index (χ0n) is 12.1. The fourth-order valence-electron chi connectivity index (χ4n) is 4.85. The third-order valence-corrected chi connectivity index (χ3v) is 6.50. The summed E-state index contributed by atoms with van der Waals surface area (Å²) in [4.78, 5) is 12.1. The van der Waals surface area contributed by atoms with E-state index in [2.05, 4.69) is 13.0 Å². The van der Waals surface area contributed by atoms with E-state index in [1.807, 2.05) is 12.1 Å². The lowest BCUT2D eigenvalue weighted by molar-refractivity contribution is -0.144. The van der Waals surface area contributed by atoms with Gasteiger partial charge in [0.15, 0.2) is 0 Å². The van der Waals surface area contributed by atoms with Crippen molar-refractivity contribution >= 4 is 5.78 Å². The average Bonchev–Trinajstić information content (AvgIpc) is 2.45. The second-order valence-corrected chi connectivity index (χ2v) is 7.50. The van der Waals surface area contributed by atoms with Gasteiger partial charge in [-0.25, -0.2) is 0 Å². The first-order chi connectivity index (χ1) is 9.52. The number of aromatic hydroxyl groups is 1. The van der Waals surface area contributed by atoms with Crippen molar-refractivity contribution in [1.29, 1.82) is 0 Å². The number of benzene rings is 1. The van der Waals surface area contributed by atoms with Gasteiger partial charge in [0.05, 0.1) is 0 Å². The quantitative estimate of drug-likeness (QED) is 0.774. The second kappa shape index (κ2) is 3.87. The number of phenolic OH excluding ortho intramolecular Hbond substituents is 1. The highest BCUT2D eigenvalue weighted by molar-refractivity contribution is 5.90. The molecule has 3 atom stereocenters. The number of rotatable bonds is 0. The van der Waals surface area contributed by atoms with Gasteiger partial charge in [0, 0.05) is 11.8 Å². The Balaban J connectivity index is 1.76. The monoisotopic (exact) mass is 270 g/mol. The van der Waals surface area contributed by atoms with Crippen LogP contribution in [0.1, 0.15) is 62.5 Å². The van der Waals surface area contributed by atoms with Crippen LogP contribution in [0.4, 0.5) is 0 Å². The molecule has 0 aliphatic heterocycles. The highest BCUT2D eigenvalue weighted by atomic mass is 16.3. The average molecular weight is 270 g/mol. The smallest absolute Gasteiger partial charge is 0.139 e. The number of hydrogen-bond acceptors (Lipinski definition) is 2. The van der Waals surface area contributed by atoms with Crippen LogP contribution in [-0.2, 0) is 11.2 Å². The lowest BCUT2D eigenvalue weighted by atomic mass is 9.48.